The van der Waals surface area contributed by atoms with Crippen molar-refractivity contribution >= 4 is 0 Å². The van der Waals surface area contributed by atoms with Gasteiger partial charge in [0.25, 0.3) is 0 Å². The normalized spacial score (nSPS) is 32.2. The number of rotatable bonds is 2. The Labute approximate surface area is 100 Å². The Morgan fingerprint density at radius 1 is 1.59 bits per heavy atom. The van der Waals surface area contributed by atoms with Crippen LogP contribution in [-0.2, 0) is 15.1 Å². The van der Waals surface area contributed by atoms with Gasteiger partial charge in [-0.2, -0.15) is 0 Å². The molecular formula is C12H16N2O3. The predicted octanol–water partition coefficient (Wildman–Crippen LogP) is 0.652. The first-order valence-electron chi connectivity index (χ1n) is 5.82. The topological polar surface area (TPSA) is 52.6 Å². The van der Waals surface area contributed by atoms with Crippen molar-refractivity contribution < 1.29 is 14.2 Å². The third-order valence-corrected chi connectivity index (χ3v) is 3.51. The molecule has 0 aliphatic carbocycles. The maximum absolute atomic E-state index is 5.85. The lowest BCUT2D eigenvalue weighted by molar-refractivity contribution is -0.0300. The highest BCUT2D eigenvalue weighted by atomic mass is 16.7. The minimum atomic E-state index is -0.403. The number of pyridine rings is 1. The van der Waals surface area contributed by atoms with Crippen LogP contribution in [0.4, 0.5) is 0 Å². The first kappa shape index (κ1) is 11.0. The molecule has 5 nitrogen and oxygen atoms in total. The number of nitrogens with zero attached hydrogens (tertiary/aromatic N) is 1. The predicted molar refractivity (Wildman–Crippen MR) is 60.8 cm³/mol. The van der Waals surface area contributed by atoms with Crippen LogP contribution >= 0.6 is 0 Å². The molecule has 0 spiro atoms. The van der Waals surface area contributed by atoms with Crippen molar-refractivity contribution in [3.8, 4) is 5.75 Å². The van der Waals surface area contributed by atoms with Crippen LogP contribution in [0.15, 0.2) is 18.3 Å². The fourth-order valence-corrected chi connectivity index (χ4v) is 2.55. The van der Waals surface area contributed by atoms with Gasteiger partial charge in [-0.05, 0) is 19.0 Å². The molecule has 0 unspecified atom stereocenters. The van der Waals surface area contributed by atoms with Crippen LogP contribution in [0.25, 0.3) is 0 Å². The molecule has 0 saturated carbocycles. The molecule has 2 saturated heterocycles. The Bertz CT molecular complexity index is 412. The van der Waals surface area contributed by atoms with E-state index in [2.05, 4.69) is 10.3 Å². The number of hydrogen-bond donors (Lipinski definition) is 1. The zero-order valence-corrected chi connectivity index (χ0v) is 9.81. The lowest BCUT2D eigenvalue weighted by atomic mass is 9.86. The van der Waals surface area contributed by atoms with Crippen molar-refractivity contribution in [1.29, 1.82) is 0 Å². The molecule has 1 aromatic heterocycles. The van der Waals surface area contributed by atoms with E-state index < -0.39 is 5.60 Å². The van der Waals surface area contributed by atoms with Gasteiger partial charge in [-0.3, -0.25) is 4.98 Å². The lowest BCUT2D eigenvalue weighted by Gasteiger charge is -2.36. The van der Waals surface area contributed by atoms with E-state index in [1.165, 1.54) is 0 Å². The SMILES string of the molecule is COc1ccnc([C@]23CCNC[C@H]2OCO3)c1. The molecule has 2 fully saturated rings. The van der Waals surface area contributed by atoms with E-state index in [1.807, 2.05) is 12.1 Å². The van der Waals surface area contributed by atoms with Crippen LogP contribution in [0.5, 0.6) is 5.75 Å². The van der Waals surface area contributed by atoms with Gasteiger partial charge in [-0.1, -0.05) is 0 Å². The minimum Gasteiger partial charge on any atom is -0.497 e. The molecule has 92 valence electrons. The standard InChI is InChI=1S/C12H16N2O3/c1-15-9-2-4-14-10(6-9)12-3-5-13-7-11(12)16-8-17-12/h2,4,6,11,13H,3,5,7-8H2,1H3/t11-,12-/m1/s1. The first-order chi connectivity index (χ1) is 8.35. The number of nitrogens with one attached hydrogen (secondary N) is 1. The Kier molecular flexibility index (Phi) is 2.74. The molecule has 3 heterocycles. The van der Waals surface area contributed by atoms with E-state index in [1.54, 1.807) is 13.3 Å². The van der Waals surface area contributed by atoms with Gasteiger partial charge in [0.2, 0.25) is 0 Å². The van der Waals surface area contributed by atoms with Crippen molar-refractivity contribution in [3.05, 3.63) is 24.0 Å². The fraction of sp³-hybridized carbons (Fsp3) is 0.583. The summed E-state index contributed by atoms with van der Waals surface area (Å²) in [6, 6.07) is 3.78. The Morgan fingerprint density at radius 2 is 2.53 bits per heavy atom. The van der Waals surface area contributed by atoms with Gasteiger partial charge in [0, 0.05) is 18.8 Å². The lowest BCUT2D eigenvalue weighted by Crippen LogP contribution is -2.50. The van der Waals surface area contributed by atoms with Gasteiger partial charge >= 0.3 is 0 Å². The third-order valence-electron chi connectivity index (χ3n) is 3.51. The van der Waals surface area contributed by atoms with E-state index in [9.17, 15) is 0 Å². The summed E-state index contributed by atoms with van der Waals surface area (Å²) >= 11 is 0. The van der Waals surface area contributed by atoms with Gasteiger partial charge < -0.3 is 19.5 Å². The maximum Gasteiger partial charge on any atom is 0.148 e. The number of fused-ring (bicyclic) bond motifs is 1. The molecule has 0 radical (unpaired) electrons. The summed E-state index contributed by atoms with van der Waals surface area (Å²) in [5.74, 6) is 0.803. The molecule has 17 heavy (non-hydrogen) atoms. The highest BCUT2D eigenvalue weighted by molar-refractivity contribution is 5.28. The van der Waals surface area contributed by atoms with Gasteiger partial charge in [0.15, 0.2) is 0 Å². The molecule has 2 aliphatic heterocycles. The van der Waals surface area contributed by atoms with Crippen LogP contribution < -0.4 is 10.1 Å². The number of ether oxygens (including phenoxy) is 3. The van der Waals surface area contributed by atoms with Crippen molar-refractivity contribution in [3.63, 3.8) is 0 Å². The van der Waals surface area contributed by atoms with E-state index in [0.717, 1.165) is 31.0 Å². The summed E-state index contributed by atoms with van der Waals surface area (Å²) in [6.07, 6.45) is 2.66. The van der Waals surface area contributed by atoms with E-state index in [0.29, 0.717) is 6.79 Å². The highest BCUT2D eigenvalue weighted by Crippen LogP contribution is 2.40. The number of hydrogen-bond acceptors (Lipinski definition) is 5. The van der Waals surface area contributed by atoms with Gasteiger partial charge in [-0.15, -0.1) is 0 Å². The fourth-order valence-electron chi connectivity index (χ4n) is 2.55. The van der Waals surface area contributed by atoms with Gasteiger partial charge in [0.1, 0.15) is 24.2 Å². The highest BCUT2D eigenvalue weighted by Gasteiger charge is 2.49. The van der Waals surface area contributed by atoms with Crippen LogP contribution in [0.3, 0.4) is 0 Å². The molecule has 1 aromatic rings. The zero-order chi connectivity index (χ0) is 11.7. The smallest absolute Gasteiger partial charge is 0.148 e. The van der Waals surface area contributed by atoms with Crippen molar-refractivity contribution in [2.24, 2.45) is 0 Å². The van der Waals surface area contributed by atoms with Gasteiger partial charge in [-0.25, -0.2) is 0 Å². The second kappa shape index (κ2) is 4.25. The first-order valence-corrected chi connectivity index (χ1v) is 5.82. The van der Waals surface area contributed by atoms with Crippen molar-refractivity contribution in [2.45, 2.75) is 18.1 Å². The average molecular weight is 236 g/mol. The summed E-state index contributed by atoms with van der Waals surface area (Å²) in [5, 5.41) is 3.32. The zero-order valence-electron chi connectivity index (χ0n) is 9.81. The monoisotopic (exact) mass is 236 g/mol. The average Bonchev–Trinajstić information content (AvgIpc) is 2.84. The molecule has 2 atom stereocenters. The van der Waals surface area contributed by atoms with Crippen LogP contribution in [0.2, 0.25) is 0 Å². The van der Waals surface area contributed by atoms with E-state index in [4.69, 9.17) is 14.2 Å². The molecule has 0 aromatic carbocycles. The molecule has 1 N–H and O–H groups in total. The quantitative estimate of drug-likeness (QED) is 0.817. The van der Waals surface area contributed by atoms with Crippen LogP contribution in [0.1, 0.15) is 12.1 Å². The third kappa shape index (κ3) is 1.71. The summed E-state index contributed by atoms with van der Waals surface area (Å²) in [6.45, 7) is 2.06. The van der Waals surface area contributed by atoms with Crippen LogP contribution in [-0.4, -0.2) is 38.1 Å². The molecule has 0 bridgehead atoms. The Balaban J connectivity index is 1.99. The molecule has 3 rings (SSSR count). The maximum atomic E-state index is 5.85. The van der Waals surface area contributed by atoms with Crippen LogP contribution in [0, 0.1) is 0 Å². The largest absolute Gasteiger partial charge is 0.497 e. The minimum absolute atomic E-state index is 0.0378. The molecule has 2 aliphatic rings. The molecule has 0 amide bonds. The summed E-state index contributed by atoms with van der Waals surface area (Å²) in [7, 11) is 1.66. The van der Waals surface area contributed by atoms with E-state index >= 15 is 0 Å². The molecular weight excluding hydrogens is 220 g/mol. The molecule has 5 heteroatoms. The number of methoxy groups -OCH3 is 1. The van der Waals surface area contributed by atoms with E-state index in [-0.39, 0.29) is 6.10 Å². The number of piperidine rings is 1. The van der Waals surface area contributed by atoms with Crippen molar-refractivity contribution in [2.75, 3.05) is 27.0 Å². The van der Waals surface area contributed by atoms with Gasteiger partial charge in [0.05, 0.1) is 12.8 Å². The second-order valence-corrected chi connectivity index (χ2v) is 4.34. The summed E-state index contributed by atoms with van der Waals surface area (Å²) in [5.41, 5.74) is 0.501. The Hall–Kier alpha value is -1.17. The second-order valence-electron chi connectivity index (χ2n) is 4.34. The summed E-state index contributed by atoms with van der Waals surface area (Å²) in [4.78, 5) is 4.43. The summed E-state index contributed by atoms with van der Waals surface area (Å²) < 4.78 is 16.7. The number of aromatic nitrogens is 1. The Morgan fingerprint density at radius 3 is 3.41 bits per heavy atom. The van der Waals surface area contributed by atoms with Crippen molar-refractivity contribution in [1.82, 2.24) is 10.3 Å².